The van der Waals surface area contributed by atoms with Crippen molar-refractivity contribution in [1.82, 2.24) is 15.1 Å². The van der Waals surface area contributed by atoms with E-state index < -0.39 is 0 Å². The highest BCUT2D eigenvalue weighted by Crippen LogP contribution is 2.32. The summed E-state index contributed by atoms with van der Waals surface area (Å²) in [5.74, 6) is 0.286. The molecule has 26 heavy (non-hydrogen) atoms. The third kappa shape index (κ3) is 3.60. The zero-order valence-corrected chi connectivity index (χ0v) is 16.1. The average Bonchev–Trinajstić information content (AvgIpc) is 3.08. The number of hydrogen-bond donors (Lipinski definition) is 1. The van der Waals surface area contributed by atoms with Crippen molar-refractivity contribution in [3.8, 4) is 0 Å². The molecule has 2 amide bonds. The Morgan fingerprint density at radius 2 is 1.85 bits per heavy atom. The van der Waals surface area contributed by atoms with Gasteiger partial charge in [-0.3, -0.25) is 9.59 Å². The van der Waals surface area contributed by atoms with Crippen molar-refractivity contribution in [2.24, 2.45) is 0 Å². The Labute approximate surface area is 161 Å². The van der Waals surface area contributed by atoms with Crippen molar-refractivity contribution in [3.63, 3.8) is 0 Å². The van der Waals surface area contributed by atoms with E-state index in [2.05, 4.69) is 41.4 Å². The van der Waals surface area contributed by atoms with E-state index >= 15 is 0 Å². The first-order valence-corrected chi connectivity index (χ1v) is 9.51. The quantitative estimate of drug-likeness (QED) is 0.879. The van der Waals surface area contributed by atoms with Gasteiger partial charge in [-0.05, 0) is 44.7 Å². The van der Waals surface area contributed by atoms with Crippen LogP contribution < -0.4 is 5.32 Å². The van der Waals surface area contributed by atoms with Gasteiger partial charge < -0.3 is 15.1 Å². The van der Waals surface area contributed by atoms with Gasteiger partial charge in [0.1, 0.15) is 6.04 Å². The van der Waals surface area contributed by atoms with Crippen molar-refractivity contribution in [2.45, 2.75) is 63.7 Å². The molecule has 4 rings (SSSR count). The van der Waals surface area contributed by atoms with E-state index in [-0.39, 0.29) is 30.3 Å². The van der Waals surface area contributed by atoms with E-state index in [1.165, 1.54) is 5.56 Å². The maximum absolute atomic E-state index is 13.3. The molecule has 0 radical (unpaired) electrons. The third-order valence-corrected chi connectivity index (χ3v) is 6.00. The fourth-order valence-corrected chi connectivity index (χ4v) is 4.59. The molecule has 3 heterocycles. The first-order valence-electron chi connectivity index (χ1n) is 9.51. The number of halogens is 1. The SMILES string of the molecule is Cc1ccc(CN2C(=O)CCC2C(=O)N2C3CCNCC2CC3)cc1.Cl. The molecule has 3 fully saturated rings. The van der Waals surface area contributed by atoms with Gasteiger partial charge >= 0.3 is 0 Å². The molecule has 3 aliphatic rings. The summed E-state index contributed by atoms with van der Waals surface area (Å²) in [6.45, 7) is 4.47. The number of amides is 2. The number of carbonyl (C=O) groups excluding carboxylic acids is 2. The minimum atomic E-state index is -0.282. The van der Waals surface area contributed by atoms with Crippen LogP contribution in [-0.2, 0) is 16.1 Å². The number of rotatable bonds is 3. The first kappa shape index (κ1) is 19.2. The maximum Gasteiger partial charge on any atom is 0.245 e. The Hall–Kier alpha value is -1.59. The Morgan fingerprint density at radius 1 is 1.12 bits per heavy atom. The van der Waals surface area contributed by atoms with Gasteiger partial charge in [-0.2, -0.15) is 0 Å². The van der Waals surface area contributed by atoms with Crippen LogP contribution in [0.4, 0.5) is 0 Å². The van der Waals surface area contributed by atoms with Crippen LogP contribution in [0.15, 0.2) is 24.3 Å². The number of carbonyl (C=O) groups is 2. The lowest BCUT2D eigenvalue weighted by molar-refractivity contribution is -0.143. The summed E-state index contributed by atoms with van der Waals surface area (Å²) >= 11 is 0. The number of nitrogens with one attached hydrogen (secondary N) is 1. The van der Waals surface area contributed by atoms with Crippen LogP contribution >= 0.6 is 12.4 Å². The van der Waals surface area contributed by atoms with E-state index in [0.29, 0.717) is 31.5 Å². The van der Waals surface area contributed by atoms with Gasteiger partial charge in [0.25, 0.3) is 0 Å². The lowest BCUT2D eigenvalue weighted by atomic mass is 10.1. The number of hydrogen-bond acceptors (Lipinski definition) is 3. The topological polar surface area (TPSA) is 52.7 Å². The molecule has 5 nitrogen and oxygen atoms in total. The van der Waals surface area contributed by atoms with Crippen molar-refractivity contribution in [1.29, 1.82) is 0 Å². The van der Waals surface area contributed by atoms with Gasteiger partial charge in [0, 0.05) is 31.6 Å². The Bertz CT molecular complexity index is 650. The second kappa shape index (κ2) is 7.97. The smallest absolute Gasteiger partial charge is 0.245 e. The highest BCUT2D eigenvalue weighted by atomic mass is 35.5. The molecule has 0 spiro atoms. The van der Waals surface area contributed by atoms with Crippen LogP contribution in [0.3, 0.4) is 0 Å². The molecule has 1 aromatic rings. The fourth-order valence-electron chi connectivity index (χ4n) is 4.59. The van der Waals surface area contributed by atoms with Gasteiger partial charge in [0.2, 0.25) is 11.8 Å². The molecule has 3 unspecified atom stereocenters. The molecular formula is C20H28ClN3O2. The van der Waals surface area contributed by atoms with Crippen LogP contribution in [0.2, 0.25) is 0 Å². The first-order chi connectivity index (χ1) is 12.1. The molecule has 3 aliphatic heterocycles. The normalized spacial score (nSPS) is 28.0. The van der Waals surface area contributed by atoms with Crippen molar-refractivity contribution >= 4 is 24.2 Å². The number of likely N-dealkylation sites (tertiary alicyclic amines) is 1. The Morgan fingerprint density at radius 3 is 2.62 bits per heavy atom. The van der Waals surface area contributed by atoms with Gasteiger partial charge in [0.15, 0.2) is 0 Å². The van der Waals surface area contributed by atoms with Gasteiger partial charge in [-0.1, -0.05) is 29.8 Å². The minimum absolute atomic E-state index is 0. The summed E-state index contributed by atoms with van der Waals surface area (Å²) in [5.41, 5.74) is 2.30. The molecule has 3 saturated heterocycles. The average molecular weight is 378 g/mol. The van der Waals surface area contributed by atoms with Gasteiger partial charge in [-0.15, -0.1) is 12.4 Å². The van der Waals surface area contributed by atoms with Gasteiger partial charge in [-0.25, -0.2) is 0 Å². The van der Waals surface area contributed by atoms with Crippen molar-refractivity contribution < 1.29 is 9.59 Å². The minimum Gasteiger partial charge on any atom is -0.334 e. The molecule has 1 N–H and O–H groups in total. The predicted molar refractivity (Wildman–Crippen MR) is 103 cm³/mol. The molecule has 1 aromatic carbocycles. The Kier molecular flexibility index (Phi) is 5.88. The van der Waals surface area contributed by atoms with E-state index in [4.69, 9.17) is 0 Å². The zero-order chi connectivity index (χ0) is 17.4. The van der Waals surface area contributed by atoms with Crippen LogP contribution in [0.5, 0.6) is 0 Å². The zero-order valence-electron chi connectivity index (χ0n) is 15.3. The highest BCUT2D eigenvalue weighted by Gasteiger charge is 2.44. The number of nitrogens with zero attached hydrogens (tertiary/aromatic N) is 2. The second-order valence-electron chi connectivity index (χ2n) is 7.69. The number of benzene rings is 1. The monoisotopic (exact) mass is 377 g/mol. The summed E-state index contributed by atoms with van der Waals surface area (Å²) in [4.78, 5) is 29.7. The van der Waals surface area contributed by atoms with E-state index in [1.54, 1.807) is 0 Å². The molecule has 3 atom stereocenters. The van der Waals surface area contributed by atoms with E-state index in [9.17, 15) is 9.59 Å². The van der Waals surface area contributed by atoms with Gasteiger partial charge in [0.05, 0.1) is 0 Å². The van der Waals surface area contributed by atoms with Crippen LogP contribution in [0, 0.1) is 6.92 Å². The Balaban J connectivity index is 0.00000196. The lowest BCUT2D eigenvalue weighted by Gasteiger charge is -2.33. The van der Waals surface area contributed by atoms with E-state index in [0.717, 1.165) is 37.9 Å². The molecule has 142 valence electrons. The lowest BCUT2D eigenvalue weighted by Crippen LogP contribution is -2.51. The molecule has 6 heteroatoms. The molecule has 2 bridgehead atoms. The van der Waals surface area contributed by atoms with Crippen LogP contribution in [0.25, 0.3) is 0 Å². The molecule has 0 aliphatic carbocycles. The summed E-state index contributed by atoms with van der Waals surface area (Å²) in [7, 11) is 0. The fraction of sp³-hybridized carbons (Fsp3) is 0.600. The van der Waals surface area contributed by atoms with Crippen molar-refractivity contribution in [3.05, 3.63) is 35.4 Å². The summed E-state index contributed by atoms with van der Waals surface area (Å²) in [6.07, 6.45) is 4.37. The van der Waals surface area contributed by atoms with Crippen LogP contribution in [0.1, 0.15) is 43.2 Å². The van der Waals surface area contributed by atoms with Crippen molar-refractivity contribution in [2.75, 3.05) is 13.1 Å². The van der Waals surface area contributed by atoms with Crippen LogP contribution in [-0.4, -0.2) is 52.8 Å². The summed E-state index contributed by atoms with van der Waals surface area (Å²) in [5, 5.41) is 3.44. The van der Waals surface area contributed by atoms with E-state index in [1.807, 2.05) is 4.90 Å². The molecule has 0 saturated carbocycles. The predicted octanol–water partition coefficient (Wildman–Crippen LogP) is 2.26. The maximum atomic E-state index is 13.3. The highest BCUT2D eigenvalue weighted by molar-refractivity contribution is 5.91. The third-order valence-electron chi connectivity index (χ3n) is 6.00. The second-order valence-corrected chi connectivity index (χ2v) is 7.69. The number of aryl methyl sites for hydroxylation is 1. The molecular weight excluding hydrogens is 350 g/mol. The molecule has 0 aromatic heterocycles. The number of fused-ring (bicyclic) bond motifs is 2. The summed E-state index contributed by atoms with van der Waals surface area (Å²) in [6, 6.07) is 8.61. The summed E-state index contributed by atoms with van der Waals surface area (Å²) < 4.78 is 0. The standard InChI is InChI=1S/C20H27N3O2.ClH/c1-14-2-4-15(5-3-14)13-22-18(8-9-19(22)24)20(25)23-16-6-7-17(23)12-21-11-10-16;/h2-5,16-18,21H,6-13H2,1H3;1H. The largest absolute Gasteiger partial charge is 0.334 e.